The van der Waals surface area contributed by atoms with Crippen LogP contribution in [0.4, 0.5) is 0 Å². The number of pyridine rings is 1. The topological polar surface area (TPSA) is 170 Å². The van der Waals surface area contributed by atoms with Gasteiger partial charge in [-0.2, -0.15) is 0 Å². The molecule has 3 aliphatic heterocycles. The third kappa shape index (κ3) is 13.9. The Hall–Kier alpha value is -19.5. The van der Waals surface area contributed by atoms with Crippen LogP contribution in [0.2, 0.25) is 0 Å². The lowest BCUT2D eigenvalue weighted by Gasteiger charge is -2.40. The highest BCUT2D eigenvalue weighted by Crippen LogP contribution is 2.68. The van der Waals surface area contributed by atoms with Crippen LogP contribution in [0.15, 0.2) is 502 Å². The zero-order chi connectivity index (χ0) is 97.8. The first-order chi connectivity index (χ1) is 73.4. The van der Waals surface area contributed by atoms with E-state index in [-0.39, 0.29) is 0 Å². The molecule has 694 valence electrons. The van der Waals surface area contributed by atoms with Gasteiger partial charge in [0.1, 0.15) is 40.3 Å². The van der Waals surface area contributed by atoms with Gasteiger partial charge in [-0.15, -0.1) is 11.3 Å². The van der Waals surface area contributed by atoms with Crippen molar-refractivity contribution in [3.63, 3.8) is 0 Å². The van der Waals surface area contributed by atoms with E-state index in [1.807, 2.05) is 225 Å². The molecular weight excluding hydrogens is 1830 g/mol. The SMILES string of the molecule is c1ccc(-c2nc(-c3ccccc3)nc(-c3ccc(-c4cccc5c4Oc4ccccc4C54c5ccccc5-c5ccccc54)o3)n2)cc1.c1ccc(-c2nc(-c3ccccc3)nc(-c3ccc(-c4cccc5c4Oc4ccccc4C54c5ccccc5-c5ccccc54)s3)n2)cc1.c1ccc(-c2nc(-c3ccccc3)nc(-c3cccnc3-c3cccc4c3Oc3ccccc3C43c4ccccc4-c4ccccc43)n2)cc1. The fourth-order valence-corrected chi connectivity index (χ4v) is 23.9. The van der Waals surface area contributed by atoms with Crippen LogP contribution in [0.3, 0.4) is 0 Å². The fraction of sp³-hybridized carbons (Fsp3) is 0.0226. The molecule has 3 aliphatic carbocycles. The Morgan fingerprint density at radius 1 is 0.162 bits per heavy atom. The summed E-state index contributed by atoms with van der Waals surface area (Å²) in [4.78, 5) is 51.6. The van der Waals surface area contributed by atoms with Crippen molar-refractivity contribution in [3.8, 4) is 203 Å². The van der Waals surface area contributed by atoms with E-state index in [2.05, 4.69) is 273 Å². The van der Waals surface area contributed by atoms with Gasteiger partial charge in [0.15, 0.2) is 58.2 Å². The first-order valence-electron chi connectivity index (χ1n) is 49.5. The van der Waals surface area contributed by atoms with E-state index < -0.39 is 16.2 Å². The minimum absolute atomic E-state index is 0.463. The summed E-state index contributed by atoms with van der Waals surface area (Å²) < 4.78 is 27.4. The summed E-state index contributed by atoms with van der Waals surface area (Å²) in [5, 5.41) is 0. The van der Waals surface area contributed by atoms with Crippen molar-refractivity contribution < 1.29 is 18.6 Å². The van der Waals surface area contributed by atoms with E-state index in [0.29, 0.717) is 63.9 Å². The van der Waals surface area contributed by atoms with Crippen LogP contribution in [-0.2, 0) is 16.2 Å². The Morgan fingerprint density at radius 3 is 0.770 bits per heavy atom. The number of para-hydroxylation sites is 6. The minimum Gasteiger partial charge on any atom is -0.456 e. The van der Waals surface area contributed by atoms with Crippen molar-refractivity contribution in [2.45, 2.75) is 16.2 Å². The molecule has 24 aromatic rings. The molecule has 0 unspecified atom stereocenters. The maximum Gasteiger partial charge on any atom is 0.199 e. The molecule has 0 saturated carbocycles. The molecule has 30 rings (SSSR count). The summed E-state index contributed by atoms with van der Waals surface area (Å²) in [5.41, 5.74) is 30.0. The lowest BCUT2D eigenvalue weighted by atomic mass is 9.65. The molecule has 0 saturated heterocycles. The quantitative estimate of drug-likeness (QED) is 0.113. The highest BCUT2D eigenvalue weighted by atomic mass is 32.1. The molecule has 6 aromatic heterocycles. The first kappa shape index (κ1) is 86.4. The number of fused-ring (bicyclic) bond motifs is 27. The van der Waals surface area contributed by atoms with Gasteiger partial charge in [0.25, 0.3) is 0 Å². The van der Waals surface area contributed by atoms with Crippen molar-refractivity contribution in [3.05, 3.63) is 564 Å². The summed E-state index contributed by atoms with van der Waals surface area (Å²) in [5.74, 6) is 11.5. The molecule has 18 aromatic carbocycles. The number of hydrogen-bond acceptors (Lipinski definition) is 15. The van der Waals surface area contributed by atoms with Crippen LogP contribution >= 0.6 is 11.3 Å². The van der Waals surface area contributed by atoms with E-state index in [9.17, 15) is 0 Å². The van der Waals surface area contributed by atoms with E-state index in [1.54, 1.807) is 11.3 Å². The van der Waals surface area contributed by atoms with Gasteiger partial charge < -0.3 is 18.6 Å². The number of aromatic nitrogens is 10. The summed E-state index contributed by atoms with van der Waals surface area (Å²) >= 11 is 1.67. The van der Waals surface area contributed by atoms with Gasteiger partial charge >= 0.3 is 0 Å². The molecule has 0 N–H and O–H groups in total. The van der Waals surface area contributed by atoms with Crippen LogP contribution in [0.25, 0.3) is 168 Å². The Balaban J connectivity index is 0.000000107. The number of thiophene rings is 1. The molecule has 14 nitrogen and oxygen atoms in total. The minimum atomic E-state index is -0.573. The first-order valence-corrected chi connectivity index (χ1v) is 50.3. The largest absolute Gasteiger partial charge is 0.456 e. The molecule has 15 heteroatoms. The van der Waals surface area contributed by atoms with E-state index in [4.69, 9.17) is 68.5 Å². The molecule has 0 amide bonds. The van der Waals surface area contributed by atoms with Gasteiger partial charge in [-0.25, -0.2) is 44.9 Å². The van der Waals surface area contributed by atoms with Crippen LogP contribution in [0.1, 0.15) is 66.8 Å². The van der Waals surface area contributed by atoms with Gasteiger partial charge in [-0.05, 0) is 140 Å². The smallest absolute Gasteiger partial charge is 0.199 e. The van der Waals surface area contributed by atoms with Crippen molar-refractivity contribution in [1.29, 1.82) is 0 Å². The third-order valence-electron chi connectivity index (χ3n) is 29.2. The summed E-state index contributed by atoms with van der Waals surface area (Å²) in [6, 6.07) is 170. The standard InChI is InChI=1S/C45H28N4O.C44H27N3O2.C44H27N3OS/c1-3-15-29(16-4-1)42-47-43(30-17-5-2-6-18-30)49-44(48-42)34-22-14-28-46-40(34)33-21-13-26-38-41(33)50-39-27-12-11-25-37(39)45(38)35-23-9-7-19-31(35)32-20-8-10-24-36(32)45;1-3-14-28(15-4-1)41-45-42(29-16-5-2-6-17-29)47-43(46-41)39-27-26-37(48-39)32-20-13-24-36-40(32)49-38-25-12-11-23-35(38)44(36)33-21-9-7-18-30(33)31-19-8-10-22-34(31)44;1-3-14-28(15-4-1)41-45-42(29-16-5-2-6-17-29)47-43(46-41)39-27-26-38(49-39)32-20-13-24-36-40(32)48-37-25-12-11-23-35(37)44(36)33-21-9-7-18-30(33)31-19-8-10-22-34(31)44/h1-28H;2*1-27H. The molecular formula is C133H82N10O4S. The molecule has 0 radical (unpaired) electrons. The zero-order valence-corrected chi connectivity index (χ0v) is 80.2. The predicted octanol–water partition coefficient (Wildman–Crippen LogP) is 32.1. The summed E-state index contributed by atoms with van der Waals surface area (Å²) in [6.45, 7) is 0. The van der Waals surface area contributed by atoms with Gasteiger partial charge in [-0.1, -0.05) is 419 Å². The molecule has 148 heavy (non-hydrogen) atoms. The number of hydrogen-bond donors (Lipinski definition) is 0. The van der Waals surface area contributed by atoms with E-state index in [0.717, 1.165) is 139 Å². The van der Waals surface area contributed by atoms with Crippen molar-refractivity contribution in [2.24, 2.45) is 0 Å². The number of nitrogens with zero attached hydrogens (tertiary/aromatic N) is 10. The van der Waals surface area contributed by atoms with Gasteiger partial charge in [0, 0.05) is 94.5 Å². The molecule has 0 fully saturated rings. The average Bonchev–Trinajstić information content (AvgIpc) is 1.51. The third-order valence-corrected chi connectivity index (χ3v) is 30.3. The van der Waals surface area contributed by atoms with Gasteiger partial charge in [-0.3, -0.25) is 4.98 Å². The average molecular weight is 1920 g/mol. The zero-order valence-electron chi connectivity index (χ0n) is 79.4. The molecule has 0 atom stereocenters. The van der Waals surface area contributed by atoms with Crippen LogP contribution < -0.4 is 14.2 Å². The monoisotopic (exact) mass is 1910 g/mol. The Bertz CT molecular complexity index is 8700. The highest BCUT2D eigenvalue weighted by molar-refractivity contribution is 7.18. The fourth-order valence-electron chi connectivity index (χ4n) is 23.0. The van der Waals surface area contributed by atoms with Crippen molar-refractivity contribution in [2.75, 3.05) is 0 Å². The van der Waals surface area contributed by atoms with E-state index in [1.165, 1.54) is 66.8 Å². The summed E-state index contributed by atoms with van der Waals surface area (Å²) in [7, 11) is 0. The van der Waals surface area contributed by atoms with Crippen LogP contribution in [0, 0.1) is 0 Å². The van der Waals surface area contributed by atoms with Crippen molar-refractivity contribution in [1.82, 2.24) is 49.8 Å². The predicted molar refractivity (Wildman–Crippen MR) is 585 cm³/mol. The van der Waals surface area contributed by atoms with E-state index >= 15 is 0 Å². The number of rotatable bonds is 12. The lowest BCUT2D eigenvalue weighted by molar-refractivity contribution is 0.436. The maximum atomic E-state index is 6.96. The Kier molecular flexibility index (Phi) is 20.8. The van der Waals surface area contributed by atoms with Crippen molar-refractivity contribution >= 4 is 11.3 Å². The Labute approximate surface area is 857 Å². The second kappa shape index (κ2) is 35.6. The summed E-state index contributed by atoms with van der Waals surface area (Å²) in [6.07, 6.45) is 1.82. The highest BCUT2D eigenvalue weighted by Gasteiger charge is 2.55. The lowest BCUT2D eigenvalue weighted by Crippen LogP contribution is -2.32. The normalized spacial score (nSPS) is 13.2. The van der Waals surface area contributed by atoms with Crippen LogP contribution in [-0.4, -0.2) is 49.8 Å². The Morgan fingerprint density at radius 2 is 0.412 bits per heavy atom. The second-order valence-electron chi connectivity index (χ2n) is 37.2. The number of ether oxygens (including phenoxy) is 3. The number of benzene rings is 18. The maximum absolute atomic E-state index is 6.96. The molecule has 6 aliphatic rings. The van der Waals surface area contributed by atoms with Gasteiger partial charge in [0.2, 0.25) is 0 Å². The van der Waals surface area contributed by atoms with Gasteiger partial charge in [0.05, 0.1) is 32.4 Å². The van der Waals surface area contributed by atoms with Crippen LogP contribution in [0.5, 0.6) is 34.5 Å². The number of furan rings is 1. The molecule has 0 bridgehead atoms. The second-order valence-corrected chi connectivity index (χ2v) is 38.3. The molecule has 3 spiro atoms. The molecule has 9 heterocycles.